The SMILES string of the molecule is COC(=O)C(CCC=O)[Se]c1ccccc1. The van der Waals surface area contributed by atoms with Gasteiger partial charge in [-0.25, -0.2) is 0 Å². The molecule has 0 saturated heterocycles. The normalized spacial score (nSPS) is 11.8. The van der Waals surface area contributed by atoms with E-state index in [1.165, 1.54) is 7.11 Å². The first-order valence-corrected chi connectivity index (χ1v) is 6.85. The van der Waals surface area contributed by atoms with Gasteiger partial charge in [-0.15, -0.1) is 0 Å². The van der Waals surface area contributed by atoms with Crippen molar-refractivity contribution >= 4 is 31.7 Å². The average Bonchev–Trinajstić information content (AvgIpc) is 2.34. The molecule has 0 amide bonds. The molecule has 0 fully saturated rings. The van der Waals surface area contributed by atoms with E-state index in [0.717, 1.165) is 10.7 Å². The quantitative estimate of drug-likeness (QED) is 0.444. The molecule has 0 radical (unpaired) electrons. The molecule has 1 aromatic carbocycles. The van der Waals surface area contributed by atoms with E-state index in [4.69, 9.17) is 4.74 Å². The fraction of sp³-hybridized carbons (Fsp3) is 0.333. The fourth-order valence-electron chi connectivity index (χ4n) is 1.24. The first-order valence-electron chi connectivity index (χ1n) is 5.01. The number of carbonyl (C=O) groups excluding carboxylic acids is 2. The van der Waals surface area contributed by atoms with E-state index in [2.05, 4.69) is 0 Å². The van der Waals surface area contributed by atoms with Crippen LogP contribution in [0.15, 0.2) is 30.3 Å². The van der Waals surface area contributed by atoms with Crippen LogP contribution in [0.25, 0.3) is 0 Å². The fourth-order valence-corrected chi connectivity index (χ4v) is 3.52. The number of rotatable bonds is 6. The zero-order valence-corrected chi connectivity index (χ0v) is 10.8. The molecule has 0 aliphatic carbocycles. The Balaban J connectivity index is 2.63. The summed E-state index contributed by atoms with van der Waals surface area (Å²) in [4.78, 5) is 21.7. The second-order valence-electron chi connectivity index (χ2n) is 3.19. The number of esters is 1. The van der Waals surface area contributed by atoms with Crippen LogP contribution in [0.5, 0.6) is 0 Å². The predicted molar refractivity (Wildman–Crippen MR) is 62.9 cm³/mol. The zero-order chi connectivity index (χ0) is 11.8. The predicted octanol–water partition coefficient (Wildman–Crippen LogP) is 0.957. The number of benzene rings is 1. The van der Waals surface area contributed by atoms with Crippen LogP contribution < -0.4 is 4.46 Å². The third-order valence-electron chi connectivity index (χ3n) is 2.03. The van der Waals surface area contributed by atoms with Gasteiger partial charge in [0.05, 0.1) is 0 Å². The van der Waals surface area contributed by atoms with E-state index in [9.17, 15) is 9.59 Å². The second kappa shape index (κ2) is 7.20. The molecule has 0 heterocycles. The molecule has 1 atom stereocenters. The molecule has 0 saturated carbocycles. The Morgan fingerprint density at radius 1 is 1.44 bits per heavy atom. The van der Waals surface area contributed by atoms with Gasteiger partial charge in [0.2, 0.25) is 0 Å². The Labute approximate surface area is 101 Å². The van der Waals surface area contributed by atoms with Crippen LogP contribution in [0.2, 0.25) is 4.82 Å². The van der Waals surface area contributed by atoms with Crippen molar-refractivity contribution < 1.29 is 14.3 Å². The van der Waals surface area contributed by atoms with Crippen molar-refractivity contribution in [1.29, 1.82) is 0 Å². The number of aldehydes is 1. The summed E-state index contributed by atoms with van der Waals surface area (Å²) >= 11 is 0.0252. The molecule has 0 aliphatic heterocycles. The van der Waals surface area contributed by atoms with E-state index in [-0.39, 0.29) is 25.7 Å². The van der Waals surface area contributed by atoms with Gasteiger partial charge in [-0.3, -0.25) is 0 Å². The third-order valence-corrected chi connectivity index (χ3v) is 4.67. The van der Waals surface area contributed by atoms with Crippen molar-refractivity contribution in [3.8, 4) is 0 Å². The molecule has 1 unspecified atom stereocenters. The molecule has 0 aromatic heterocycles. The van der Waals surface area contributed by atoms with Crippen LogP contribution in [0, 0.1) is 0 Å². The van der Waals surface area contributed by atoms with E-state index in [0.29, 0.717) is 12.8 Å². The number of carbonyl (C=O) groups is 2. The molecule has 1 aromatic rings. The minimum atomic E-state index is -0.217. The maximum atomic E-state index is 11.5. The van der Waals surface area contributed by atoms with Gasteiger partial charge in [0, 0.05) is 0 Å². The summed E-state index contributed by atoms with van der Waals surface area (Å²) < 4.78 is 5.89. The van der Waals surface area contributed by atoms with Crippen molar-refractivity contribution in [2.45, 2.75) is 17.7 Å². The van der Waals surface area contributed by atoms with Crippen molar-refractivity contribution in [2.75, 3.05) is 7.11 Å². The molecule has 1 rings (SSSR count). The second-order valence-corrected chi connectivity index (χ2v) is 5.86. The number of ether oxygens (including phenoxy) is 1. The Kier molecular flexibility index (Phi) is 5.83. The Morgan fingerprint density at radius 2 is 2.12 bits per heavy atom. The molecule has 86 valence electrons. The summed E-state index contributed by atoms with van der Waals surface area (Å²) in [6, 6.07) is 9.84. The van der Waals surface area contributed by atoms with Gasteiger partial charge in [0.15, 0.2) is 0 Å². The Bertz CT molecular complexity index is 337. The van der Waals surface area contributed by atoms with Crippen LogP contribution in [-0.4, -0.2) is 34.3 Å². The van der Waals surface area contributed by atoms with Crippen molar-refractivity contribution in [3.05, 3.63) is 30.3 Å². The van der Waals surface area contributed by atoms with Crippen LogP contribution in [-0.2, 0) is 14.3 Å². The van der Waals surface area contributed by atoms with Crippen LogP contribution in [0.4, 0.5) is 0 Å². The number of methoxy groups -OCH3 is 1. The van der Waals surface area contributed by atoms with Crippen LogP contribution >= 0.6 is 0 Å². The molecule has 4 heteroatoms. The molecule has 0 spiro atoms. The van der Waals surface area contributed by atoms with Gasteiger partial charge < -0.3 is 0 Å². The first-order chi connectivity index (χ1) is 7.77. The van der Waals surface area contributed by atoms with E-state index in [1.807, 2.05) is 30.3 Å². The zero-order valence-electron chi connectivity index (χ0n) is 9.09. The standard InChI is InChI=1S/C12H14O3Se/c1-15-12(14)11(8-5-9-13)16-10-6-3-2-4-7-10/h2-4,6-7,9,11H,5,8H2,1H3. The van der Waals surface area contributed by atoms with Gasteiger partial charge in [0.25, 0.3) is 0 Å². The molecule has 0 N–H and O–H groups in total. The van der Waals surface area contributed by atoms with E-state index < -0.39 is 0 Å². The summed E-state index contributed by atoms with van der Waals surface area (Å²) in [5, 5.41) is 0. The first kappa shape index (κ1) is 12.9. The summed E-state index contributed by atoms with van der Waals surface area (Å²) in [6.45, 7) is 0. The molecule has 3 nitrogen and oxygen atoms in total. The Morgan fingerprint density at radius 3 is 2.69 bits per heavy atom. The van der Waals surface area contributed by atoms with Crippen LogP contribution in [0.1, 0.15) is 12.8 Å². The van der Waals surface area contributed by atoms with Gasteiger partial charge in [0.1, 0.15) is 0 Å². The summed E-state index contributed by atoms with van der Waals surface area (Å²) in [7, 11) is 1.39. The summed E-state index contributed by atoms with van der Waals surface area (Å²) in [6.07, 6.45) is 1.83. The summed E-state index contributed by atoms with van der Waals surface area (Å²) in [5.41, 5.74) is 0. The van der Waals surface area contributed by atoms with Gasteiger partial charge in [-0.05, 0) is 0 Å². The maximum absolute atomic E-state index is 11.5. The average molecular weight is 285 g/mol. The number of hydrogen-bond donors (Lipinski definition) is 0. The molecular weight excluding hydrogens is 271 g/mol. The molecule has 16 heavy (non-hydrogen) atoms. The Hall–Kier alpha value is -1.12. The van der Waals surface area contributed by atoms with Crippen molar-refractivity contribution in [3.63, 3.8) is 0 Å². The van der Waals surface area contributed by atoms with Gasteiger partial charge in [-0.2, -0.15) is 0 Å². The minimum absolute atomic E-state index is 0.0252. The van der Waals surface area contributed by atoms with E-state index >= 15 is 0 Å². The van der Waals surface area contributed by atoms with Gasteiger partial charge >= 0.3 is 101 Å². The van der Waals surface area contributed by atoms with Crippen molar-refractivity contribution in [1.82, 2.24) is 0 Å². The third kappa shape index (κ3) is 4.17. The number of hydrogen-bond acceptors (Lipinski definition) is 3. The van der Waals surface area contributed by atoms with Crippen molar-refractivity contribution in [2.24, 2.45) is 0 Å². The summed E-state index contributed by atoms with van der Waals surface area (Å²) in [5.74, 6) is -0.217. The monoisotopic (exact) mass is 286 g/mol. The topological polar surface area (TPSA) is 43.4 Å². The molecular formula is C12H14O3Se. The van der Waals surface area contributed by atoms with Crippen LogP contribution in [0.3, 0.4) is 0 Å². The van der Waals surface area contributed by atoms with E-state index in [1.54, 1.807) is 0 Å². The van der Waals surface area contributed by atoms with Gasteiger partial charge in [-0.1, -0.05) is 0 Å². The molecule has 0 bridgehead atoms. The molecule has 0 aliphatic rings.